The first-order chi connectivity index (χ1) is 14.5. The molecule has 3 aromatic rings. The molecule has 3 aromatic carbocycles. The largest absolute Gasteiger partial charge is 0.496 e. The Hall–Kier alpha value is -2.31. The number of halogens is 1. The van der Waals surface area contributed by atoms with E-state index in [1.165, 1.54) is 43.5 Å². The summed E-state index contributed by atoms with van der Waals surface area (Å²) in [6, 6.07) is 15.5. The van der Waals surface area contributed by atoms with Gasteiger partial charge in [0, 0.05) is 5.69 Å². The van der Waals surface area contributed by atoms with E-state index in [4.69, 9.17) is 4.74 Å². The summed E-state index contributed by atoms with van der Waals surface area (Å²) in [5.41, 5.74) is 2.39. The third kappa shape index (κ3) is 5.31. The van der Waals surface area contributed by atoms with Gasteiger partial charge in [-0.25, -0.2) is 16.8 Å². The number of methoxy groups -OCH3 is 1. The van der Waals surface area contributed by atoms with Gasteiger partial charge in [-0.1, -0.05) is 18.2 Å². The third-order valence-electron chi connectivity index (χ3n) is 4.57. The van der Waals surface area contributed by atoms with E-state index in [0.717, 1.165) is 11.1 Å². The summed E-state index contributed by atoms with van der Waals surface area (Å²) < 4.78 is 61.7. The number of hydrogen-bond donors (Lipinski definition) is 2. The van der Waals surface area contributed by atoms with E-state index in [2.05, 4.69) is 9.44 Å². The van der Waals surface area contributed by atoms with Crippen LogP contribution in [0.5, 0.6) is 5.75 Å². The van der Waals surface area contributed by atoms with Crippen LogP contribution in [0.4, 0.5) is 11.4 Å². The lowest BCUT2D eigenvalue weighted by molar-refractivity contribution is 0.411. The zero-order valence-corrected chi connectivity index (χ0v) is 20.8. The minimum absolute atomic E-state index is 0.0251. The summed E-state index contributed by atoms with van der Waals surface area (Å²) in [5, 5.41) is 0. The molecule has 0 heterocycles. The molecule has 0 aromatic heterocycles. The van der Waals surface area contributed by atoms with Crippen LogP contribution in [0, 0.1) is 17.4 Å². The number of anilines is 2. The van der Waals surface area contributed by atoms with Gasteiger partial charge < -0.3 is 4.74 Å². The molecular weight excluding hydrogens is 551 g/mol. The Morgan fingerprint density at radius 3 is 1.87 bits per heavy atom. The van der Waals surface area contributed by atoms with Gasteiger partial charge in [0.25, 0.3) is 20.0 Å². The maximum absolute atomic E-state index is 12.8. The van der Waals surface area contributed by atoms with E-state index in [1.54, 1.807) is 6.07 Å². The van der Waals surface area contributed by atoms with Gasteiger partial charge in [0.2, 0.25) is 0 Å². The molecule has 0 aliphatic rings. The number of benzene rings is 3. The second-order valence-corrected chi connectivity index (χ2v) is 11.3. The SMILES string of the molecule is COc1ccc(S(=O)(=O)Nc2ccc(S(=O)(=O)Nc3c(C)cccc3C)cc2)cc1I. The molecule has 164 valence electrons. The zero-order valence-electron chi connectivity index (χ0n) is 17.0. The molecule has 0 saturated carbocycles. The first kappa shape index (κ1) is 23.4. The van der Waals surface area contributed by atoms with Crippen LogP contribution >= 0.6 is 22.6 Å². The summed E-state index contributed by atoms with van der Waals surface area (Å²) in [6.07, 6.45) is 0. The molecule has 0 bridgehead atoms. The van der Waals surface area contributed by atoms with Crippen LogP contribution in [0.3, 0.4) is 0 Å². The van der Waals surface area contributed by atoms with Gasteiger partial charge in [0.1, 0.15) is 5.75 Å². The second-order valence-electron chi connectivity index (χ2n) is 6.80. The maximum atomic E-state index is 12.8. The lowest BCUT2D eigenvalue weighted by atomic mass is 10.1. The predicted molar refractivity (Wildman–Crippen MR) is 130 cm³/mol. The van der Waals surface area contributed by atoms with Crippen molar-refractivity contribution in [2.24, 2.45) is 0 Å². The standard InChI is InChI=1S/C21H21IN2O5S2/c1-14-5-4-6-15(2)21(14)24-30(25,26)17-9-7-16(8-10-17)23-31(27,28)18-11-12-20(29-3)19(22)13-18/h4-13,23-24H,1-3H3. The molecule has 7 nitrogen and oxygen atoms in total. The predicted octanol–water partition coefficient (Wildman–Crippen LogP) is 4.52. The van der Waals surface area contributed by atoms with Gasteiger partial charge in [0.05, 0.1) is 26.2 Å². The smallest absolute Gasteiger partial charge is 0.261 e. The number of aryl methyl sites for hydroxylation is 2. The lowest BCUT2D eigenvalue weighted by Gasteiger charge is -2.14. The average Bonchev–Trinajstić information content (AvgIpc) is 2.71. The zero-order chi connectivity index (χ0) is 22.8. The first-order valence-electron chi connectivity index (χ1n) is 9.09. The lowest BCUT2D eigenvalue weighted by Crippen LogP contribution is -2.15. The Morgan fingerprint density at radius 1 is 0.774 bits per heavy atom. The fraction of sp³-hybridized carbons (Fsp3) is 0.143. The van der Waals surface area contributed by atoms with Gasteiger partial charge in [-0.05, 0) is 90.0 Å². The third-order valence-corrected chi connectivity index (χ3v) is 8.16. The Labute approximate surface area is 196 Å². The Balaban J connectivity index is 1.82. The van der Waals surface area contributed by atoms with Crippen LogP contribution in [0.25, 0.3) is 0 Å². The molecule has 0 radical (unpaired) electrons. The van der Waals surface area contributed by atoms with E-state index in [-0.39, 0.29) is 15.5 Å². The minimum Gasteiger partial charge on any atom is -0.496 e. The second kappa shape index (κ2) is 9.05. The van der Waals surface area contributed by atoms with Crippen molar-refractivity contribution in [3.8, 4) is 5.75 Å². The van der Waals surface area contributed by atoms with Crippen LogP contribution in [-0.4, -0.2) is 23.9 Å². The van der Waals surface area contributed by atoms with Gasteiger partial charge >= 0.3 is 0 Å². The Kier molecular flexibility index (Phi) is 6.82. The number of nitrogens with one attached hydrogen (secondary N) is 2. The summed E-state index contributed by atoms with van der Waals surface area (Å²) in [7, 11) is -6.16. The van der Waals surface area contributed by atoms with Gasteiger partial charge in [-0.2, -0.15) is 0 Å². The number of para-hydroxylation sites is 1. The molecule has 10 heteroatoms. The highest BCUT2D eigenvalue weighted by Crippen LogP contribution is 2.27. The van der Waals surface area contributed by atoms with Crippen LogP contribution in [-0.2, 0) is 20.0 Å². The molecule has 0 aliphatic heterocycles. The van der Waals surface area contributed by atoms with Gasteiger partial charge in [-0.3, -0.25) is 9.44 Å². The summed E-state index contributed by atoms with van der Waals surface area (Å²) >= 11 is 1.99. The highest BCUT2D eigenvalue weighted by atomic mass is 127. The number of sulfonamides is 2. The monoisotopic (exact) mass is 572 g/mol. The molecule has 31 heavy (non-hydrogen) atoms. The van der Waals surface area contributed by atoms with E-state index in [9.17, 15) is 16.8 Å². The first-order valence-corrected chi connectivity index (χ1v) is 13.1. The highest BCUT2D eigenvalue weighted by molar-refractivity contribution is 14.1. The quantitative estimate of drug-likeness (QED) is 0.406. The number of hydrogen-bond acceptors (Lipinski definition) is 5. The Morgan fingerprint density at radius 2 is 1.32 bits per heavy atom. The fourth-order valence-electron chi connectivity index (χ4n) is 2.90. The van der Waals surface area contributed by atoms with Crippen LogP contribution in [0.15, 0.2) is 70.5 Å². The number of ether oxygens (including phenoxy) is 1. The van der Waals surface area contributed by atoms with Crippen molar-refractivity contribution < 1.29 is 21.6 Å². The topological polar surface area (TPSA) is 102 Å². The van der Waals surface area contributed by atoms with Crippen molar-refractivity contribution in [3.05, 3.63) is 75.4 Å². The molecule has 0 saturated heterocycles. The van der Waals surface area contributed by atoms with E-state index in [1.807, 2.05) is 54.6 Å². The molecule has 3 rings (SSSR count). The fourth-order valence-corrected chi connectivity index (χ4v) is 6.13. The van der Waals surface area contributed by atoms with Crippen molar-refractivity contribution >= 4 is 54.0 Å². The molecular formula is C21H21IN2O5S2. The van der Waals surface area contributed by atoms with Crippen molar-refractivity contribution in [2.75, 3.05) is 16.6 Å². The van der Waals surface area contributed by atoms with Crippen molar-refractivity contribution in [2.45, 2.75) is 23.6 Å². The van der Waals surface area contributed by atoms with Crippen molar-refractivity contribution in [3.63, 3.8) is 0 Å². The molecule has 0 spiro atoms. The Bertz CT molecular complexity index is 1300. The maximum Gasteiger partial charge on any atom is 0.261 e. The van der Waals surface area contributed by atoms with Gasteiger partial charge in [0.15, 0.2) is 0 Å². The molecule has 0 amide bonds. The van der Waals surface area contributed by atoms with Gasteiger partial charge in [-0.15, -0.1) is 0 Å². The molecule has 2 N–H and O–H groups in total. The normalized spacial score (nSPS) is 11.7. The highest BCUT2D eigenvalue weighted by Gasteiger charge is 2.19. The summed E-state index contributed by atoms with van der Waals surface area (Å²) in [5.74, 6) is 0.575. The number of rotatable bonds is 7. The van der Waals surface area contributed by atoms with Crippen molar-refractivity contribution in [1.29, 1.82) is 0 Å². The molecule has 0 unspecified atom stereocenters. The van der Waals surface area contributed by atoms with E-state index >= 15 is 0 Å². The average molecular weight is 572 g/mol. The van der Waals surface area contributed by atoms with E-state index in [0.29, 0.717) is 15.0 Å². The van der Waals surface area contributed by atoms with Crippen molar-refractivity contribution in [1.82, 2.24) is 0 Å². The summed E-state index contributed by atoms with van der Waals surface area (Å²) in [6.45, 7) is 3.64. The molecule has 0 atom stereocenters. The summed E-state index contributed by atoms with van der Waals surface area (Å²) in [4.78, 5) is 0.100. The molecule has 0 fully saturated rings. The van der Waals surface area contributed by atoms with Crippen LogP contribution in [0.2, 0.25) is 0 Å². The van der Waals surface area contributed by atoms with Crippen LogP contribution in [0.1, 0.15) is 11.1 Å². The minimum atomic E-state index is -3.84. The van der Waals surface area contributed by atoms with Crippen LogP contribution < -0.4 is 14.2 Å². The van der Waals surface area contributed by atoms with E-state index < -0.39 is 20.0 Å². The molecule has 0 aliphatic carbocycles.